The minimum atomic E-state index is -4.73. The molecule has 0 aromatic heterocycles. The lowest BCUT2D eigenvalue weighted by molar-refractivity contribution is -0.274. The van der Waals surface area contributed by atoms with Crippen LogP contribution in [0.2, 0.25) is 5.02 Å². The van der Waals surface area contributed by atoms with Crippen LogP contribution in [0.1, 0.15) is 17.3 Å². The summed E-state index contributed by atoms with van der Waals surface area (Å²) in [6.45, 7) is 1.40. The van der Waals surface area contributed by atoms with Gasteiger partial charge in [0.25, 0.3) is 0 Å². The third-order valence-electron chi connectivity index (χ3n) is 2.76. The van der Waals surface area contributed by atoms with Gasteiger partial charge in [-0.15, -0.1) is 13.2 Å². The molecule has 0 aliphatic rings. The number of ether oxygens (including phenoxy) is 1. The Morgan fingerprint density at radius 2 is 1.71 bits per heavy atom. The molecule has 2 rings (SSSR count). The van der Waals surface area contributed by atoms with Gasteiger partial charge in [0.05, 0.1) is 0 Å². The van der Waals surface area contributed by atoms with Crippen LogP contribution in [0.3, 0.4) is 0 Å². The number of carbonyl (C=O) groups is 1. The predicted octanol–water partition coefficient (Wildman–Crippen LogP) is 5.11. The first-order valence-corrected chi connectivity index (χ1v) is 6.31. The van der Waals surface area contributed by atoms with Crippen LogP contribution in [0.15, 0.2) is 42.5 Å². The zero-order chi connectivity index (χ0) is 15.6. The van der Waals surface area contributed by atoms with Crippen molar-refractivity contribution in [3.05, 3.63) is 53.1 Å². The summed E-state index contributed by atoms with van der Waals surface area (Å²) in [4.78, 5) is 11.6. The van der Waals surface area contributed by atoms with Crippen molar-refractivity contribution in [3.63, 3.8) is 0 Å². The molecule has 0 unspecified atom stereocenters. The Labute approximate surface area is 124 Å². The summed E-state index contributed by atoms with van der Waals surface area (Å²) in [5.74, 6) is -0.493. The number of rotatable bonds is 3. The van der Waals surface area contributed by atoms with Crippen molar-refractivity contribution in [1.82, 2.24) is 0 Å². The van der Waals surface area contributed by atoms with Gasteiger partial charge in [-0.2, -0.15) is 0 Å². The molecule has 6 heteroatoms. The quantitative estimate of drug-likeness (QED) is 0.736. The average Bonchev–Trinajstić information content (AvgIpc) is 2.38. The van der Waals surface area contributed by atoms with Crippen LogP contribution >= 0.6 is 11.6 Å². The smallest absolute Gasteiger partial charge is 0.406 e. The van der Waals surface area contributed by atoms with Crippen LogP contribution in [0.25, 0.3) is 11.1 Å². The molecule has 0 amide bonds. The van der Waals surface area contributed by atoms with Gasteiger partial charge in [0, 0.05) is 10.6 Å². The van der Waals surface area contributed by atoms with E-state index in [1.807, 2.05) is 0 Å². The first-order valence-electron chi connectivity index (χ1n) is 5.93. The van der Waals surface area contributed by atoms with E-state index in [2.05, 4.69) is 4.74 Å². The molecule has 110 valence electrons. The summed E-state index contributed by atoms with van der Waals surface area (Å²) < 4.78 is 40.1. The fourth-order valence-electron chi connectivity index (χ4n) is 1.90. The first kappa shape index (κ1) is 15.4. The summed E-state index contributed by atoms with van der Waals surface area (Å²) in [7, 11) is 0. The summed E-state index contributed by atoms with van der Waals surface area (Å²) in [5, 5.41) is 0.418. The van der Waals surface area contributed by atoms with Crippen LogP contribution in [0, 0.1) is 0 Å². The van der Waals surface area contributed by atoms with Crippen molar-refractivity contribution in [1.29, 1.82) is 0 Å². The minimum absolute atomic E-state index is 0.178. The summed E-state index contributed by atoms with van der Waals surface area (Å²) >= 11 is 5.85. The summed E-state index contributed by atoms with van der Waals surface area (Å²) in [6, 6.07) is 10.1. The summed E-state index contributed by atoms with van der Waals surface area (Å²) in [5.41, 5.74) is 1.61. The number of halogens is 4. The zero-order valence-electron chi connectivity index (χ0n) is 10.9. The highest BCUT2D eigenvalue weighted by molar-refractivity contribution is 6.31. The van der Waals surface area contributed by atoms with E-state index in [4.69, 9.17) is 11.6 Å². The van der Waals surface area contributed by atoms with Gasteiger partial charge in [0.1, 0.15) is 5.75 Å². The average molecular weight is 315 g/mol. The highest BCUT2D eigenvalue weighted by Crippen LogP contribution is 2.30. The van der Waals surface area contributed by atoms with E-state index in [-0.39, 0.29) is 11.5 Å². The van der Waals surface area contributed by atoms with Crippen molar-refractivity contribution in [2.24, 2.45) is 0 Å². The Morgan fingerprint density at radius 3 is 2.24 bits per heavy atom. The molecule has 21 heavy (non-hydrogen) atoms. The topological polar surface area (TPSA) is 26.3 Å². The number of Topliss-reactive ketones (excluding diaryl/α,β-unsaturated/α-hetero) is 1. The maximum atomic E-state index is 12.1. The van der Waals surface area contributed by atoms with E-state index in [0.717, 1.165) is 0 Å². The minimum Gasteiger partial charge on any atom is -0.406 e. The Bertz CT molecular complexity index is 664. The highest BCUT2D eigenvalue weighted by Gasteiger charge is 2.31. The Hall–Kier alpha value is -2.01. The van der Waals surface area contributed by atoms with Gasteiger partial charge in [0.2, 0.25) is 0 Å². The molecule has 0 N–H and O–H groups in total. The monoisotopic (exact) mass is 314 g/mol. The van der Waals surface area contributed by atoms with Crippen LogP contribution in [0.4, 0.5) is 13.2 Å². The Kier molecular flexibility index (Phi) is 4.23. The third-order valence-corrected chi connectivity index (χ3v) is 2.99. The molecule has 0 aliphatic carbocycles. The van der Waals surface area contributed by atoms with E-state index < -0.39 is 6.36 Å². The molecule has 0 saturated heterocycles. The number of carbonyl (C=O) groups excluding carboxylic acids is 1. The number of alkyl halides is 3. The van der Waals surface area contributed by atoms with Crippen molar-refractivity contribution in [2.45, 2.75) is 13.3 Å². The second-order valence-electron chi connectivity index (χ2n) is 4.32. The Morgan fingerprint density at radius 1 is 1.10 bits per heavy atom. The van der Waals surface area contributed by atoms with Crippen molar-refractivity contribution < 1.29 is 22.7 Å². The molecule has 0 spiro atoms. The number of benzene rings is 2. The molecule has 0 heterocycles. The summed E-state index contributed by atoms with van der Waals surface area (Å²) in [6.07, 6.45) is -4.73. The van der Waals surface area contributed by atoms with Crippen molar-refractivity contribution in [3.8, 4) is 16.9 Å². The SMILES string of the molecule is CC(=O)c1cc(Cl)ccc1-c1ccc(OC(F)(F)F)cc1. The van der Waals surface area contributed by atoms with Crippen molar-refractivity contribution in [2.75, 3.05) is 0 Å². The van der Waals surface area contributed by atoms with E-state index in [0.29, 0.717) is 21.7 Å². The van der Waals surface area contributed by atoms with Gasteiger partial charge in [-0.3, -0.25) is 4.79 Å². The lowest BCUT2D eigenvalue weighted by Crippen LogP contribution is -2.16. The largest absolute Gasteiger partial charge is 0.573 e. The highest BCUT2D eigenvalue weighted by atomic mass is 35.5. The molecule has 0 saturated carbocycles. The predicted molar refractivity (Wildman–Crippen MR) is 73.6 cm³/mol. The van der Waals surface area contributed by atoms with Crippen LogP contribution in [-0.2, 0) is 0 Å². The van der Waals surface area contributed by atoms with E-state index >= 15 is 0 Å². The number of hydrogen-bond donors (Lipinski definition) is 0. The van der Waals surface area contributed by atoms with Gasteiger partial charge in [0.15, 0.2) is 5.78 Å². The second kappa shape index (κ2) is 5.77. The van der Waals surface area contributed by atoms with Gasteiger partial charge < -0.3 is 4.74 Å². The lowest BCUT2D eigenvalue weighted by atomic mass is 9.97. The fourth-order valence-corrected chi connectivity index (χ4v) is 2.07. The standard InChI is InChI=1S/C15H10ClF3O2/c1-9(20)14-8-11(16)4-7-13(14)10-2-5-12(6-3-10)21-15(17,18)19/h2-8H,1H3. The molecular formula is C15H10ClF3O2. The normalized spacial score (nSPS) is 11.3. The van der Waals surface area contributed by atoms with E-state index in [9.17, 15) is 18.0 Å². The fraction of sp³-hybridized carbons (Fsp3) is 0.133. The van der Waals surface area contributed by atoms with Gasteiger partial charge in [-0.1, -0.05) is 29.8 Å². The molecule has 0 bridgehead atoms. The molecule has 0 fully saturated rings. The Balaban J connectivity index is 2.37. The maximum Gasteiger partial charge on any atom is 0.573 e. The van der Waals surface area contributed by atoms with Gasteiger partial charge in [-0.05, 0) is 42.3 Å². The van der Waals surface area contributed by atoms with E-state index in [1.165, 1.54) is 37.3 Å². The molecule has 0 aliphatic heterocycles. The lowest BCUT2D eigenvalue weighted by Gasteiger charge is -2.11. The zero-order valence-corrected chi connectivity index (χ0v) is 11.6. The van der Waals surface area contributed by atoms with Gasteiger partial charge >= 0.3 is 6.36 Å². The molecular weight excluding hydrogens is 305 g/mol. The molecule has 2 nitrogen and oxygen atoms in total. The van der Waals surface area contributed by atoms with Crippen LogP contribution in [-0.4, -0.2) is 12.1 Å². The van der Waals surface area contributed by atoms with Crippen molar-refractivity contribution >= 4 is 17.4 Å². The molecule has 2 aromatic carbocycles. The second-order valence-corrected chi connectivity index (χ2v) is 4.75. The molecule has 2 aromatic rings. The van der Waals surface area contributed by atoms with Crippen LogP contribution in [0.5, 0.6) is 5.75 Å². The molecule has 0 radical (unpaired) electrons. The number of ketones is 1. The van der Waals surface area contributed by atoms with E-state index in [1.54, 1.807) is 12.1 Å². The third kappa shape index (κ3) is 3.98. The van der Waals surface area contributed by atoms with Crippen LogP contribution < -0.4 is 4.74 Å². The van der Waals surface area contributed by atoms with Gasteiger partial charge in [-0.25, -0.2) is 0 Å². The molecule has 0 atom stereocenters. The number of hydrogen-bond acceptors (Lipinski definition) is 2. The first-order chi connectivity index (χ1) is 9.76. The maximum absolute atomic E-state index is 12.1.